The molecule has 7 heteroatoms. The number of halogens is 1. The molecule has 2 aliphatic heterocycles. The minimum atomic E-state index is -0.214. The fraction of sp³-hybridized carbons (Fsp3) is 0.462. The van der Waals surface area contributed by atoms with Crippen LogP contribution in [-0.2, 0) is 4.79 Å². The zero-order valence-corrected chi connectivity index (χ0v) is 19.8. The highest BCUT2D eigenvalue weighted by Gasteiger charge is 2.32. The molecule has 2 aliphatic rings. The minimum Gasteiger partial charge on any atom is -0.340 e. The zero-order valence-electron chi connectivity index (χ0n) is 19.1. The largest absolute Gasteiger partial charge is 0.340 e. The summed E-state index contributed by atoms with van der Waals surface area (Å²) in [6, 6.07) is 16.7. The minimum absolute atomic E-state index is 0.118. The molecule has 0 aromatic heterocycles. The highest BCUT2D eigenvalue weighted by atomic mass is 35.5. The number of urea groups is 1. The van der Waals surface area contributed by atoms with Gasteiger partial charge in [0.25, 0.3) is 0 Å². The molecule has 6 nitrogen and oxygen atoms in total. The Bertz CT molecular complexity index is 933. The van der Waals surface area contributed by atoms with Crippen LogP contribution in [0.1, 0.15) is 43.7 Å². The summed E-state index contributed by atoms with van der Waals surface area (Å²) >= 11 is 6.09. The van der Waals surface area contributed by atoms with Crippen LogP contribution in [0, 0.1) is 0 Å². The Morgan fingerprint density at radius 1 is 0.970 bits per heavy atom. The summed E-state index contributed by atoms with van der Waals surface area (Å²) < 4.78 is 0. The molecule has 4 rings (SSSR count). The van der Waals surface area contributed by atoms with Gasteiger partial charge in [-0.2, -0.15) is 0 Å². The van der Waals surface area contributed by atoms with Gasteiger partial charge in [-0.15, -0.1) is 0 Å². The Labute approximate surface area is 201 Å². The number of anilines is 1. The molecule has 2 aromatic carbocycles. The molecule has 1 N–H and O–H groups in total. The highest BCUT2D eigenvalue weighted by Crippen LogP contribution is 2.27. The Morgan fingerprint density at radius 2 is 1.76 bits per heavy atom. The van der Waals surface area contributed by atoms with Crippen molar-refractivity contribution in [1.29, 1.82) is 0 Å². The predicted octanol–water partition coefficient (Wildman–Crippen LogP) is 5.02. The third kappa shape index (κ3) is 6.49. The van der Waals surface area contributed by atoms with Gasteiger partial charge >= 0.3 is 6.03 Å². The van der Waals surface area contributed by atoms with Crippen molar-refractivity contribution < 1.29 is 9.59 Å². The lowest BCUT2D eigenvalue weighted by molar-refractivity contribution is -0.130. The molecule has 0 bridgehead atoms. The normalized spacial score (nSPS) is 19.9. The standard InChI is InChI=1S/C26H33ClN4O2/c27-22-11-7-12-23(19-22)28-26(33)31-18-13-25(32)30(17-8-16-29-14-5-2-6-15-29)20-24(31)21-9-3-1-4-10-21/h1,3-4,7,9-12,19,24H,2,5-6,8,13-18,20H2,(H,28,33). The summed E-state index contributed by atoms with van der Waals surface area (Å²) in [4.78, 5) is 32.5. The molecule has 176 valence electrons. The fourth-order valence-corrected chi connectivity index (χ4v) is 4.98. The van der Waals surface area contributed by atoms with E-state index in [2.05, 4.69) is 10.2 Å². The number of nitrogens with one attached hydrogen (secondary N) is 1. The highest BCUT2D eigenvalue weighted by molar-refractivity contribution is 6.30. The molecule has 2 saturated heterocycles. The maximum Gasteiger partial charge on any atom is 0.322 e. The van der Waals surface area contributed by atoms with E-state index in [0.717, 1.165) is 38.2 Å². The van der Waals surface area contributed by atoms with Gasteiger partial charge in [-0.3, -0.25) is 4.79 Å². The Hall–Kier alpha value is -2.57. The molecule has 33 heavy (non-hydrogen) atoms. The molecule has 1 atom stereocenters. The second-order valence-electron chi connectivity index (χ2n) is 8.91. The van der Waals surface area contributed by atoms with Crippen molar-refractivity contribution in [1.82, 2.24) is 14.7 Å². The lowest BCUT2D eigenvalue weighted by Crippen LogP contribution is -2.41. The first-order valence-electron chi connectivity index (χ1n) is 12.0. The van der Waals surface area contributed by atoms with Crippen LogP contribution in [0.5, 0.6) is 0 Å². The van der Waals surface area contributed by atoms with E-state index < -0.39 is 0 Å². The topological polar surface area (TPSA) is 55.9 Å². The Morgan fingerprint density at radius 3 is 2.52 bits per heavy atom. The van der Waals surface area contributed by atoms with Crippen molar-refractivity contribution in [3.63, 3.8) is 0 Å². The quantitative estimate of drug-likeness (QED) is 0.647. The van der Waals surface area contributed by atoms with Gasteiger partial charge in [0.05, 0.1) is 6.04 Å². The van der Waals surface area contributed by atoms with Crippen LogP contribution in [0.2, 0.25) is 5.02 Å². The van der Waals surface area contributed by atoms with Crippen molar-refractivity contribution in [2.45, 2.75) is 38.1 Å². The third-order valence-electron chi connectivity index (χ3n) is 6.56. The van der Waals surface area contributed by atoms with Crippen molar-refractivity contribution in [3.05, 3.63) is 65.2 Å². The molecule has 0 spiro atoms. The maximum atomic E-state index is 13.3. The number of nitrogens with zero attached hydrogens (tertiary/aromatic N) is 3. The lowest BCUT2D eigenvalue weighted by Gasteiger charge is -2.33. The van der Waals surface area contributed by atoms with Gasteiger partial charge in [-0.05, 0) is 62.7 Å². The third-order valence-corrected chi connectivity index (χ3v) is 6.80. The summed E-state index contributed by atoms with van der Waals surface area (Å²) in [6.07, 6.45) is 5.16. The molecule has 0 aliphatic carbocycles. The lowest BCUT2D eigenvalue weighted by atomic mass is 10.1. The first kappa shape index (κ1) is 23.6. The van der Waals surface area contributed by atoms with Crippen LogP contribution in [0.25, 0.3) is 0 Å². The van der Waals surface area contributed by atoms with Gasteiger partial charge in [0.15, 0.2) is 0 Å². The van der Waals surface area contributed by atoms with E-state index in [0.29, 0.717) is 30.2 Å². The van der Waals surface area contributed by atoms with Gasteiger partial charge < -0.3 is 20.0 Å². The van der Waals surface area contributed by atoms with Crippen molar-refractivity contribution in [2.24, 2.45) is 0 Å². The van der Waals surface area contributed by atoms with Gasteiger partial charge in [0, 0.05) is 36.8 Å². The maximum absolute atomic E-state index is 13.3. The zero-order chi connectivity index (χ0) is 23.0. The smallest absolute Gasteiger partial charge is 0.322 e. The number of benzene rings is 2. The van der Waals surface area contributed by atoms with E-state index in [9.17, 15) is 9.59 Å². The molecule has 2 heterocycles. The van der Waals surface area contributed by atoms with Crippen LogP contribution in [0.15, 0.2) is 54.6 Å². The SMILES string of the molecule is O=C1CCN(C(=O)Nc2cccc(Cl)c2)C(c2ccccc2)CN1CCCN1CCCCC1. The number of likely N-dealkylation sites (tertiary alicyclic amines) is 1. The summed E-state index contributed by atoms with van der Waals surface area (Å²) in [5.74, 6) is 0.118. The van der Waals surface area contributed by atoms with E-state index in [-0.39, 0.29) is 18.0 Å². The first-order valence-corrected chi connectivity index (χ1v) is 12.4. The van der Waals surface area contributed by atoms with E-state index >= 15 is 0 Å². The monoisotopic (exact) mass is 468 g/mol. The van der Waals surface area contributed by atoms with E-state index in [4.69, 9.17) is 11.6 Å². The fourth-order valence-electron chi connectivity index (χ4n) is 4.79. The number of amides is 3. The number of hydrogen-bond donors (Lipinski definition) is 1. The summed E-state index contributed by atoms with van der Waals surface area (Å²) in [6.45, 7) is 4.97. The second-order valence-corrected chi connectivity index (χ2v) is 9.34. The Kier molecular flexibility index (Phi) is 8.24. The number of hydrogen-bond acceptors (Lipinski definition) is 3. The van der Waals surface area contributed by atoms with E-state index in [1.54, 1.807) is 17.0 Å². The average Bonchev–Trinajstić information content (AvgIpc) is 2.99. The van der Waals surface area contributed by atoms with E-state index in [1.807, 2.05) is 47.4 Å². The van der Waals surface area contributed by atoms with Crippen LogP contribution in [-0.4, -0.2) is 65.9 Å². The molecular weight excluding hydrogens is 436 g/mol. The van der Waals surface area contributed by atoms with Gasteiger partial charge in [-0.1, -0.05) is 54.4 Å². The van der Waals surface area contributed by atoms with Gasteiger partial charge in [0.1, 0.15) is 0 Å². The first-order chi connectivity index (χ1) is 16.1. The number of carbonyl (C=O) groups excluding carboxylic acids is 2. The van der Waals surface area contributed by atoms with Crippen molar-refractivity contribution >= 4 is 29.2 Å². The van der Waals surface area contributed by atoms with Crippen molar-refractivity contribution in [3.8, 4) is 0 Å². The molecule has 2 fully saturated rings. The van der Waals surface area contributed by atoms with Crippen molar-refractivity contribution in [2.75, 3.05) is 44.6 Å². The number of rotatable bonds is 6. The number of piperidine rings is 1. The summed E-state index contributed by atoms with van der Waals surface area (Å²) in [5.41, 5.74) is 1.68. The van der Waals surface area contributed by atoms with Gasteiger partial charge in [0.2, 0.25) is 5.91 Å². The van der Waals surface area contributed by atoms with Crippen LogP contribution < -0.4 is 5.32 Å². The van der Waals surface area contributed by atoms with Gasteiger partial charge in [-0.25, -0.2) is 4.79 Å². The Balaban J connectivity index is 1.47. The molecule has 0 radical (unpaired) electrons. The van der Waals surface area contributed by atoms with Crippen LogP contribution in [0.3, 0.4) is 0 Å². The summed E-state index contributed by atoms with van der Waals surface area (Å²) in [5, 5.41) is 3.53. The van der Waals surface area contributed by atoms with Crippen LogP contribution >= 0.6 is 11.6 Å². The number of carbonyl (C=O) groups is 2. The molecular formula is C26H33ClN4O2. The molecule has 1 unspecified atom stereocenters. The molecule has 0 saturated carbocycles. The summed E-state index contributed by atoms with van der Waals surface area (Å²) in [7, 11) is 0. The predicted molar refractivity (Wildman–Crippen MR) is 132 cm³/mol. The van der Waals surface area contributed by atoms with Crippen LogP contribution in [0.4, 0.5) is 10.5 Å². The molecule has 2 aromatic rings. The average molecular weight is 469 g/mol. The molecule has 3 amide bonds. The van der Waals surface area contributed by atoms with E-state index in [1.165, 1.54) is 19.3 Å². The second kappa shape index (κ2) is 11.5.